The smallest absolute Gasteiger partial charge is 0.131 e. The molecule has 0 amide bonds. The molecular weight excluding hydrogens is 234 g/mol. The highest BCUT2D eigenvalue weighted by Crippen LogP contribution is 2.36. The van der Waals surface area contributed by atoms with Crippen LogP contribution in [0.25, 0.3) is 0 Å². The second-order valence-electron chi connectivity index (χ2n) is 4.92. The molecule has 1 fully saturated rings. The summed E-state index contributed by atoms with van der Waals surface area (Å²) in [7, 11) is 0. The summed E-state index contributed by atoms with van der Waals surface area (Å²) in [6.07, 6.45) is 0. The van der Waals surface area contributed by atoms with E-state index in [2.05, 4.69) is 6.58 Å². The Kier molecular flexibility index (Phi) is 3.39. The van der Waals surface area contributed by atoms with Crippen LogP contribution in [0.2, 0.25) is 0 Å². The van der Waals surface area contributed by atoms with Crippen LogP contribution < -0.4 is 10.6 Å². The summed E-state index contributed by atoms with van der Waals surface area (Å²) in [4.78, 5) is 1.85. The molecular formula is C14H18F2N2. The predicted molar refractivity (Wildman–Crippen MR) is 69.3 cm³/mol. The van der Waals surface area contributed by atoms with Gasteiger partial charge in [-0.25, -0.2) is 8.78 Å². The van der Waals surface area contributed by atoms with Crippen LogP contribution in [-0.4, -0.2) is 13.1 Å². The molecule has 2 atom stereocenters. The highest BCUT2D eigenvalue weighted by molar-refractivity contribution is 5.55. The Morgan fingerprint density at radius 1 is 1.39 bits per heavy atom. The molecule has 1 aromatic carbocycles. The molecule has 4 heteroatoms. The number of rotatable bonds is 2. The number of anilines is 1. The molecule has 2 unspecified atom stereocenters. The zero-order valence-electron chi connectivity index (χ0n) is 10.7. The molecule has 1 aliphatic heterocycles. The Balaban J connectivity index is 2.36. The number of benzene rings is 1. The number of nitrogens with zero attached hydrogens (tertiary/aromatic N) is 1. The number of halogens is 2. The Morgan fingerprint density at radius 2 is 1.94 bits per heavy atom. The third-order valence-electron chi connectivity index (χ3n) is 3.88. The Morgan fingerprint density at radius 3 is 2.39 bits per heavy atom. The molecule has 0 bridgehead atoms. The molecule has 2 rings (SSSR count). The fourth-order valence-electron chi connectivity index (χ4n) is 2.37. The van der Waals surface area contributed by atoms with Crippen molar-refractivity contribution >= 4 is 5.69 Å². The molecule has 1 aliphatic rings. The van der Waals surface area contributed by atoms with E-state index in [-0.39, 0.29) is 17.4 Å². The van der Waals surface area contributed by atoms with E-state index in [1.165, 1.54) is 19.1 Å². The van der Waals surface area contributed by atoms with Gasteiger partial charge in [0, 0.05) is 29.4 Å². The van der Waals surface area contributed by atoms with Crippen molar-refractivity contribution in [3.63, 3.8) is 0 Å². The van der Waals surface area contributed by atoms with E-state index in [9.17, 15) is 8.78 Å². The highest BCUT2D eigenvalue weighted by atomic mass is 19.1. The van der Waals surface area contributed by atoms with Gasteiger partial charge in [-0.3, -0.25) is 0 Å². The van der Waals surface area contributed by atoms with Crippen molar-refractivity contribution in [2.45, 2.75) is 13.8 Å². The first kappa shape index (κ1) is 13.0. The van der Waals surface area contributed by atoms with Crippen LogP contribution in [0.1, 0.15) is 12.5 Å². The van der Waals surface area contributed by atoms with Crippen LogP contribution in [0.15, 0.2) is 24.4 Å². The van der Waals surface area contributed by atoms with E-state index in [0.717, 1.165) is 5.70 Å². The first-order valence-corrected chi connectivity index (χ1v) is 6.07. The standard InChI is InChI=1S/C14H18F2N2/c1-8-10(3)18(7-11(8)6-17)12-4-13(15)9(2)14(16)5-12/h4-5,8,11H,3,6-7,17H2,1-2H3. The van der Waals surface area contributed by atoms with E-state index in [1.54, 1.807) is 0 Å². The maximum Gasteiger partial charge on any atom is 0.131 e. The van der Waals surface area contributed by atoms with Crippen molar-refractivity contribution in [2.75, 3.05) is 18.0 Å². The van der Waals surface area contributed by atoms with Crippen molar-refractivity contribution < 1.29 is 8.78 Å². The van der Waals surface area contributed by atoms with Gasteiger partial charge in [0.15, 0.2) is 0 Å². The van der Waals surface area contributed by atoms with Crippen LogP contribution in [0.4, 0.5) is 14.5 Å². The van der Waals surface area contributed by atoms with Crippen molar-refractivity contribution in [2.24, 2.45) is 17.6 Å². The summed E-state index contributed by atoms with van der Waals surface area (Å²) in [5, 5.41) is 0. The highest BCUT2D eigenvalue weighted by Gasteiger charge is 2.32. The van der Waals surface area contributed by atoms with Crippen molar-refractivity contribution in [1.82, 2.24) is 0 Å². The van der Waals surface area contributed by atoms with Gasteiger partial charge in [-0.2, -0.15) is 0 Å². The fraction of sp³-hybridized carbons (Fsp3) is 0.429. The third kappa shape index (κ3) is 2.01. The van der Waals surface area contributed by atoms with Gasteiger partial charge in [0.25, 0.3) is 0 Å². The molecule has 1 aromatic rings. The van der Waals surface area contributed by atoms with E-state index in [1.807, 2.05) is 11.8 Å². The van der Waals surface area contributed by atoms with Crippen molar-refractivity contribution in [3.05, 3.63) is 41.6 Å². The topological polar surface area (TPSA) is 29.3 Å². The molecule has 2 N–H and O–H groups in total. The Hall–Kier alpha value is -1.42. The minimum atomic E-state index is -0.526. The second kappa shape index (κ2) is 4.69. The number of hydrogen-bond donors (Lipinski definition) is 1. The third-order valence-corrected chi connectivity index (χ3v) is 3.88. The summed E-state index contributed by atoms with van der Waals surface area (Å²) in [5.41, 5.74) is 7.13. The van der Waals surface area contributed by atoms with Gasteiger partial charge in [0.1, 0.15) is 11.6 Å². The minimum Gasteiger partial charge on any atom is -0.345 e. The lowest BCUT2D eigenvalue weighted by Gasteiger charge is -2.21. The van der Waals surface area contributed by atoms with E-state index in [4.69, 9.17) is 5.73 Å². The lowest BCUT2D eigenvalue weighted by Crippen LogP contribution is -2.22. The zero-order chi connectivity index (χ0) is 13.4. The van der Waals surface area contributed by atoms with Gasteiger partial charge in [0.05, 0.1) is 0 Å². The SMILES string of the molecule is C=C1C(C)C(CN)CN1c1cc(F)c(C)c(F)c1. The average Bonchev–Trinajstić information content (AvgIpc) is 2.62. The van der Waals surface area contributed by atoms with Gasteiger partial charge >= 0.3 is 0 Å². The van der Waals surface area contributed by atoms with Crippen LogP contribution in [0.5, 0.6) is 0 Å². The van der Waals surface area contributed by atoms with Crippen molar-refractivity contribution in [1.29, 1.82) is 0 Å². The number of hydrogen-bond acceptors (Lipinski definition) is 2. The lowest BCUT2D eigenvalue weighted by molar-refractivity contribution is 0.486. The minimum absolute atomic E-state index is 0.0481. The summed E-state index contributed by atoms with van der Waals surface area (Å²) < 4.78 is 27.2. The first-order chi connectivity index (χ1) is 8.45. The lowest BCUT2D eigenvalue weighted by atomic mass is 9.97. The normalized spacial score (nSPS) is 23.8. The number of allylic oxidation sites excluding steroid dienone is 1. The van der Waals surface area contributed by atoms with Gasteiger partial charge in [0.2, 0.25) is 0 Å². The van der Waals surface area contributed by atoms with Crippen LogP contribution in [-0.2, 0) is 0 Å². The monoisotopic (exact) mass is 252 g/mol. The fourth-order valence-corrected chi connectivity index (χ4v) is 2.37. The maximum atomic E-state index is 13.6. The van der Waals surface area contributed by atoms with Gasteiger partial charge in [-0.1, -0.05) is 13.5 Å². The Labute approximate surface area is 106 Å². The van der Waals surface area contributed by atoms with Gasteiger partial charge in [-0.15, -0.1) is 0 Å². The molecule has 2 nitrogen and oxygen atoms in total. The summed E-state index contributed by atoms with van der Waals surface area (Å²) in [6.45, 7) is 8.68. The quantitative estimate of drug-likeness (QED) is 0.877. The van der Waals surface area contributed by atoms with Gasteiger partial charge in [-0.05, 0) is 31.5 Å². The van der Waals surface area contributed by atoms with Crippen LogP contribution in [0.3, 0.4) is 0 Å². The summed E-state index contributed by atoms with van der Waals surface area (Å²) in [5.74, 6) is -0.532. The average molecular weight is 252 g/mol. The zero-order valence-corrected chi connectivity index (χ0v) is 10.7. The molecule has 0 radical (unpaired) electrons. The number of nitrogens with two attached hydrogens (primary N) is 1. The molecule has 1 heterocycles. The summed E-state index contributed by atoms with van der Waals surface area (Å²) >= 11 is 0. The molecule has 0 saturated carbocycles. The van der Waals surface area contributed by atoms with Crippen LogP contribution >= 0.6 is 0 Å². The molecule has 1 saturated heterocycles. The van der Waals surface area contributed by atoms with Crippen molar-refractivity contribution in [3.8, 4) is 0 Å². The molecule has 0 aromatic heterocycles. The van der Waals surface area contributed by atoms with Crippen LogP contribution in [0, 0.1) is 30.4 Å². The van der Waals surface area contributed by atoms with E-state index in [0.29, 0.717) is 18.8 Å². The molecule has 98 valence electrons. The first-order valence-electron chi connectivity index (χ1n) is 6.07. The predicted octanol–water partition coefficient (Wildman–Crippen LogP) is 2.82. The molecule has 0 aliphatic carbocycles. The summed E-state index contributed by atoms with van der Waals surface area (Å²) in [6, 6.07) is 2.71. The van der Waals surface area contributed by atoms with Gasteiger partial charge < -0.3 is 10.6 Å². The molecule has 18 heavy (non-hydrogen) atoms. The second-order valence-corrected chi connectivity index (χ2v) is 4.92. The van der Waals surface area contributed by atoms with E-state index >= 15 is 0 Å². The van der Waals surface area contributed by atoms with E-state index < -0.39 is 11.6 Å². The largest absolute Gasteiger partial charge is 0.345 e. The Bertz CT molecular complexity index is 462. The maximum absolute atomic E-state index is 13.6. The molecule has 0 spiro atoms.